The lowest BCUT2D eigenvalue weighted by molar-refractivity contribution is 0.0987. The number of anilines is 1. The third kappa shape index (κ3) is 4.39. The van der Waals surface area contributed by atoms with Gasteiger partial charge in [0.05, 0.1) is 30.6 Å². The number of hydrogen-bond donors (Lipinski definition) is 0. The quantitative estimate of drug-likeness (QED) is 0.514. The molecule has 3 aromatic rings. The number of hydrogen-bond acceptors (Lipinski definition) is 5. The van der Waals surface area contributed by atoms with Crippen LogP contribution in [0.4, 0.5) is 10.1 Å². The molecule has 0 radical (unpaired) electrons. The van der Waals surface area contributed by atoms with Crippen molar-refractivity contribution in [1.82, 2.24) is 0 Å². The molecular formula is C22H21FN2O3S. The van der Waals surface area contributed by atoms with Crippen molar-refractivity contribution in [1.29, 1.82) is 5.26 Å². The van der Waals surface area contributed by atoms with Gasteiger partial charge >= 0.3 is 0 Å². The largest absolute Gasteiger partial charge is 0.494 e. The first kappa shape index (κ1) is 20.8. The Morgan fingerprint density at radius 2 is 2.00 bits per heavy atom. The first-order valence-electron chi connectivity index (χ1n) is 9.21. The van der Waals surface area contributed by atoms with Crippen LogP contribution >= 0.6 is 11.3 Å². The normalized spacial score (nSPS) is 10.7. The molecule has 0 spiro atoms. The monoisotopic (exact) mass is 412 g/mol. The standard InChI is InChI=1S/C22H21FN2O3S/c1-3-28-16-10-8-15(9-11-16)25(13-5-12-24)22(26)21-17(14-27-2)20-18(23)6-4-7-19(20)29-21/h4,6-11H,3,5,13-14H2,1-2H3. The van der Waals surface area contributed by atoms with E-state index in [1.807, 2.05) is 6.92 Å². The molecule has 1 heterocycles. The van der Waals surface area contributed by atoms with Crippen LogP contribution in [-0.4, -0.2) is 26.2 Å². The van der Waals surface area contributed by atoms with Gasteiger partial charge < -0.3 is 14.4 Å². The molecular weight excluding hydrogens is 391 g/mol. The molecule has 0 aliphatic heterocycles. The van der Waals surface area contributed by atoms with E-state index < -0.39 is 0 Å². The van der Waals surface area contributed by atoms with Crippen molar-refractivity contribution >= 4 is 33.0 Å². The lowest BCUT2D eigenvalue weighted by Crippen LogP contribution is -2.31. The number of methoxy groups -OCH3 is 1. The molecule has 1 aromatic heterocycles. The van der Waals surface area contributed by atoms with Gasteiger partial charge in [-0.1, -0.05) is 6.07 Å². The first-order chi connectivity index (χ1) is 14.1. The van der Waals surface area contributed by atoms with Crippen LogP contribution in [0.25, 0.3) is 10.1 Å². The number of nitrogens with zero attached hydrogens (tertiary/aromatic N) is 2. The smallest absolute Gasteiger partial charge is 0.268 e. The average Bonchev–Trinajstić information content (AvgIpc) is 3.09. The van der Waals surface area contributed by atoms with Crippen molar-refractivity contribution < 1.29 is 18.7 Å². The van der Waals surface area contributed by atoms with Gasteiger partial charge in [0, 0.05) is 35.0 Å². The summed E-state index contributed by atoms with van der Waals surface area (Å²) < 4.78 is 25.9. The third-order valence-electron chi connectivity index (χ3n) is 4.40. The summed E-state index contributed by atoms with van der Waals surface area (Å²) >= 11 is 1.24. The van der Waals surface area contributed by atoms with E-state index in [0.717, 1.165) is 0 Å². The van der Waals surface area contributed by atoms with E-state index in [-0.39, 0.29) is 31.3 Å². The number of ether oxygens (including phenoxy) is 2. The highest BCUT2D eigenvalue weighted by molar-refractivity contribution is 7.21. The molecule has 7 heteroatoms. The molecule has 3 rings (SSSR count). The summed E-state index contributed by atoms with van der Waals surface area (Å²) in [5.74, 6) is 0.0412. The summed E-state index contributed by atoms with van der Waals surface area (Å²) in [6.07, 6.45) is 0.178. The van der Waals surface area contributed by atoms with E-state index in [2.05, 4.69) is 6.07 Å². The number of nitriles is 1. The summed E-state index contributed by atoms with van der Waals surface area (Å²) in [4.78, 5) is 15.4. The fourth-order valence-corrected chi connectivity index (χ4v) is 4.31. The van der Waals surface area contributed by atoms with Gasteiger partial charge in [0.2, 0.25) is 0 Å². The number of benzene rings is 2. The minimum Gasteiger partial charge on any atom is -0.494 e. The summed E-state index contributed by atoms with van der Waals surface area (Å²) in [5.41, 5.74) is 1.18. The fraction of sp³-hybridized carbons (Fsp3) is 0.273. The number of rotatable bonds is 8. The average molecular weight is 412 g/mol. The van der Waals surface area contributed by atoms with Crippen molar-refractivity contribution in [3.8, 4) is 11.8 Å². The van der Waals surface area contributed by atoms with Gasteiger partial charge in [-0.2, -0.15) is 5.26 Å². The maximum atomic E-state index is 14.5. The Kier molecular flexibility index (Phi) is 6.81. The number of fused-ring (bicyclic) bond motifs is 1. The topological polar surface area (TPSA) is 62.6 Å². The van der Waals surface area contributed by atoms with Crippen LogP contribution in [0.1, 0.15) is 28.6 Å². The molecule has 0 atom stereocenters. The lowest BCUT2D eigenvalue weighted by Gasteiger charge is -2.22. The molecule has 0 aliphatic rings. The summed E-state index contributed by atoms with van der Waals surface area (Å²) in [6.45, 7) is 2.79. The Morgan fingerprint density at radius 1 is 1.24 bits per heavy atom. The van der Waals surface area contributed by atoms with Crippen molar-refractivity contribution in [3.05, 3.63) is 58.7 Å². The predicted molar refractivity (Wildman–Crippen MR) is 112 cm³/mol. The molecule has 0 saturated heterocycles. The molecule has 29 heavy (non-hydrogen) atoms. The molecule has 0 N–H and O–H groups in total. The molecule has 1 amide bonds. The molecule has 0 saturated carbocycles. The second-order valence-electron chi connectivity index (χ2n) is 6.25. The molecule has 5 nitrogen and oxygen atoms in total. The summed E-state index contributed by atoms with van der Waals surface area (Å²) in [5, 5.41) is 9.45. The SMILES string of the molecule is CCOc1ccc(N(CCC#N)C(=O)c2sc3cccc(F)c3c2COC)cc1. The van der Waals surface area contributed by atoms with Gasteiger partial charge in [-0.15, -0.1) is 11.3 Å². The number of thiophene rings is 1. The second-order valence-corrected chi connectivity index (χ2v) is 7.30. The Hall–Kier alpha value is -2.95. The Morgan fingerprint density at radius 3 is 2.66 bits per heavy atom. The molecule has 0 fully saturated rings. The predicted octanol–water partition coefficient (Wildman–Crippen LogP) is 5.15. The van der Waals surface area contributed by atoms with E-state index >= 15 is 0 Å². The second kappa shape index (κ2) is 9.50. The van der Waals surface area contributed by atoms with Crippen molar-refractivity contribution in [2.75, 3.05) is 25.2 Å². The van der Waals surface area contributed by atoms with Crippen LogP contribution < -0.4 is 9.64 Å². The van der Waals surface area contributed by atoms with E-state index in [9.17, 15) is 9.18 Å². The zero-order valence-electron chi connectivity index (χ0n) is 16.3. The minimum atomic E-state index is -0.380. The van der Waals surface area contributed by atoms with Crippen LogP contribution in [0.3, 0.4) is 0 Å². The van der Waals surface area contributed by atoms with Gasteiger partial charge in [-0.05, 0) is 43.3 Å². The highest BCUT2D eigenvalue weighted by Crippen LogP contribution is 2.35. The van der Waals surface area contributed by atoms with Gasteiger partial charge in [-0.3, -0.25) is 4.79 Å². The zero-order valence-corrected chi connectivity index (χ0v) is 17.1. The van der Waals surface area contributed by atoms with Crippen LogP contribution in [0.5, 0.6) is 5.75 Å². The molecule has 150 valence electrons. The summed E-state index contributed by atoms with van der Waals surface area (Å²) in [6, 6.07) is 14.0. The molecule has 2 aromatic carbocycles. The van der Waals surface area contributed by atoms with E-state index in [1.54, 1.807) is 41.3 Å². The van der Waals surface area contributed by atoms with Crippen LogP contribution in [-0.2, 0) is 11.3 Å². The van der Waals surface area contributed by atoms with Gasteiger partial charge in [0.15, 0.2) is 0 Å². The third-order valence-corrected chi connectivity index (χ3v) is 5.58. The lowest BCUT2D eigenvalue weighted by atomic mass is 10.1. The molecule has 0 unspecified atom stereocenters. The van der Waals surface area contributed by atoms with Crippen molar-refractivity contribution in [2.24, 2.45) is 0 Å². The zero-order chi connectivity index (χ0) is 20.8. The Balaban J connectivity index is 2.05. The summed E-state index contributed by atoms with van der Waals surface area (Å²) in [7, 11) is 1.51. The maximum absolute atomic E-state index is 14.5. The van der Waals surface area contributed by atoms with Crippen LogP contribution in [0.15, 0.2) is 42.5 Å². The Labute approximate surface area is 172 Å². The molecule has 0 aliphatic carbocycles. The number of carbonyl (C=O) groups is 1. The van der Waals surface area contributed by atoms with Crippen molar-refractivity contribution in [2.45, 2.75) is 20.0 Å². The minimum absolute atomic E-state index is 0.122. The number of halogens is 1. The first-order valence-corrected chi connectivity index (χ1v) is 10.0. The fourth-order valence-electron chi connectivity index (χ4n) is 3.14. The number of amides is 1. The van der Waals surface area contributed by atoms with E-state index in [0.29, 0.717) is 38.6 Å². The van der Waals surface area contributed by atoms with E-state index in [1.165, 1.54) is 24.5 Å². The van der Waals surface area contributed by atoms with E-state index in [4.69, 9.17) is 14.7 Å². The number of carbonyl (C=O) groups excluding carboxylic acids is 1. The van der Waals surface area contributed by atoms with Crippen molar-refractivity contribution in [3.63, 3.8) is 0 Å². The van der Waals surface area contributed by atoms with Gasteiger partial charge in [0.25, 0.3) is 5.91 Å². The highest BCUT2D eigenvalue weighted by Gasteiger charge is 2.25. The van der Waals surface area contributed by atoms with Crippen LogP contribution in [0.2, 0.25) is 0 Å². The Bertz CT molecular complexity index is 1040. The maximum Gasteiger partial charge on any atom is 0.268 e. The molecule has 0 bridgehead atoms. The van der Waals surface area contributed by atoms with Gasteiger partial charge in [0.1, 0.15) is 11.6 Å². The van der Waals surface area contributed by atoms with Gasteiger partial charge in [-0.25, -0.2) is 4.39 Å². The highest BCUT2D eigenvalue weighted by atomic mass is 32.1. The van der Waals surface area contributed by atoms with Crippen LogP contribution in [0, 0.1) is 17.1 Å².